The van der Waals surface area contributed by atoms with E-state index in [4.69, 9.17) is 4.74 Å². The molecule has 1 heterocycles. The Morgan fingerprint density at radius 2 is 2.09 bits per heavy atom. The largest absolute Gasteiger partial charge is 0.494 e. The molecule has 7 nitrogen and oxygen atoms in total. The summed E-state index contributed by atoms with van der Waals surface area (Å²) in [6, 6.07) is 10.7. The number of nitrogens with zero attached hydrogens (tertiary/aromatic N) is 4. The van der Waals surface area contributed by atoms with Crippen molar-refractivity contribution in [3.8, 4) is 11.4 Å². The average Bonchev–Trinajstić information content (AvgIpc) is 3.09. The second kappa shape index (κ2) is 6.22. The van der Waals surface area contributed by atoms with E-state index in [1.807, 2.05) is 0 Å². The van der Waals surface area contributed by atoms with Gasteiger partial charge in [0.25, 0.3) is 5.91 Å². The zero-order valence-corrected chi connectivity index (χ0v) is 12.1. The Labute approximate surface area is 130 Å². The second-order valence-electron chi connectivity index (χ2n) is 4.57. The van der Waals surface area contributed by atoms with E-state index in [1.54, 1.807) is 24.3 Å². The molecule has 0 bridgehead atoms. The highest BCUT2D eigenvalue weighted by molar-refractivity contribution is 6.04. The fraction of sp³-hybridized carbons (Fsp3) is 0.0667. The minimum absolute atomic E-state index is 0.0315. The summed E-state index contributed by atoms with van der Waals surface area (Å²) in [6.45, 7) is 0. The van der Waals surface area contributed by atoms with Crippen LogP contribution in [0.25, 0.3) is 5.69 Å². The van der Waals surface area contributed by atoms with Crippen molar-refractivity contribution in [2.75, 3.05) is 12.4 Å². The van der Waals surface area contributed by atoms with Gasteiger partial charge in [-0.1, -0.05) is 12.1 Å². The van der Waals surface area contributed by atoms with Crippen molar-refractivity contribution in [1.82, 2.24) is 20.2 Å². The Bertz CT molecular complexity index is 836. The molecule has 23 heavy (non-hydrogen) atoms. The monoisotopic (exact) mass is 313 g/mol. The normalized spacial score (nSPS) is 10.3. The van der Waals surface area contributed by atoms with Crippen molar-refractivity contribution in [2.24, 2.45) is 0 Å². The van der Waals surface area contributed by atoms with Gasteiger partial charge in [0.2, 0.25) is 0 Å². The smallest absolute Gasteiger partial charge is 0.258 e. The molecule has 0 aliphatic carbocycles. The molecule has 0 saturated carbocycles. The number of halogens is 1. The second-order valence-corrected chi connectivity index (χ2v) is 4.57. The average molecular weight is 313 g/mol. The summed E-state index contributed by atoms with van der Waals surface area (Å²) in [4.78, 5) is 12.1. The summed E-state index contributed by atoms with van der Waals surface area (Å²) in [5, 5.41) is 13.5. The van der Waals surface area contributed by atoms with E-state index >= 15 is 0 Å². The first kappa shape index (κ1) is 14.6. The Morgan fingerprint density at radius 3 is 2.78 bits per heavy atom. The van der Waals surface area contributed by atoms with Crippen molar-refractivity contribution in [3.05, 3.63) is 60.2 Å². The Hall–Kier alpha value is -3.29. The van der Waals surface area contributed by atoms with Gasteiger partial charge in [-0.25, -0.2) is 4.39 Å². The number of carbonyl (C=O) groups excluding carboxylic acids is 1. The van der Waals surface area contributed by atoms with Crippen LogP contribution in [0.3, 0.4) is 0 Å². The number of amides is 1. The van der Waals surface area contributed by atoms with Crippen LogP contribution < -0.4 is 10.1 Å². The third-order valence-corrected chi connectivity index (χ3v) is 3.15. The van der Waals surface area contributed by atoms with Crippen molar-refractivity contribution in [2.45, 2.75) is 0 Å². The Morgan fingerprint density at radius 1 is 1.26 bits per heavy atom. The summed E-state index contributed by atoms with van der Waals surface area (Å²) in [5.74, 6) is -0.661. The number of anilines is 1. The molecular formula is C15H12FN5O2. The first-order valence-electron chi connectivity index (χ1n) is 6.66. The highest BCUT2D eigenvalue weighted by atomic mass is 19.1. The van der Waals surface area contributed by atoms with E-state index in [0.29, 0.717) is 17.1 Å². The first-order chi connectivity index (χ1) is 11.2. The molecule has 1 N–H and O–H groups in total. The van der Waals surface area contributed by atoms with E-state index in [0.717, 1.165) is 0 Å². The number of tetrazole rings is 1. The summed E-state index contributed by atoms with van der Waals surface area (Å²) >= 11 is 0. The van der Waals surface area contributed by atoms with Gasteiger partial charge in [0.1, 0.15) is 23.6 Å². The fourth-order valence-electron chi connectivity index (χ4n) is 2.06. The molecule has 2 aromatic carbocycles. The van der Waals surface area contributed by atoms with Crippen molar-refractivity contribution < 1.29 is 13.9 Å². The Balaban J connectivity index is 1.87. The molecule has 0 spiro atoms. The van der Waals surface area contributed by atoms with Gasteiger partial charge in [-0.2, -0.15) is 4.68 Å². The molecule has 116 valence electrons. The molecule has 3 rings (SSSR count). The molecule has 0 radical (unpaired) electrons. The van der Waals surface area contributed by atoms with E-state index < -0.39 is 11.7 Å². The van der Waals surface area contributed by atoms with Gasteiger partial charge in [0, 0.05) is 11.8 Å². The van der Waals surface area contributed by atoms with Crippen LogP contribution in [0.5, 0.6) is 5.75 Å². The van der Waals surface area contributed by atoms with Crippen molar-refractivity contribution >= 4 is 11.6 Å². The van der Waals surface area contributed by atoms with Crippen molar-refractivity contribution in [1.29, 1.82) is 0 Å². The van der Waals surface area contributed by atoms with Gasteiger partial charge in [-0.15, -0.1) is 5.10 Å². The van der Waals surface area contributed by atoms with Gasteiger partial charge in [0.15, 0.2) is 0 Å². The van der Waals surface area contributed by atoms with Crippen molar-refractivity contribution in [3.63, 3.8) is 0 Å². The molecule has 0 aliphatic heterocycles. The number of aromatic nitrogens is 4. The van der Waals surface area contributed by atoms with Gasteiger partial charge in [-0.05, 0) is 34.7 Å². The lowest BCUT2D eigenvalue weighted by Crippen LogP contribution is -2.14. The number of nitrogens with one attached hydrogen (secondary N) is 1. The lowest BCUT2D eigenvalue weighted by atomic mass is 10.2. The number of carbonyl (C=O) groups is 1. The van der Waals surface area contributed by atoms with E-state index in [9.17, 15) is 9.18 Å². The van der Waals surface area contributed by atoms with E-state index in [2.05, 4.69) is 20.8 Å². The molecule has 8 heteroatoms. The van der Waals surface area contributed by atoms with Gasteiger partial charge >= 0.3 is 0 Å². The number of benzene rings is 2. The predicted molar refractivity (Wildman–Crippen MR) is 80.1 cm³/mol. The van der Waals surface area contributed by atoms with Crippen LogP contribution in [0.4, 0.5) is 10.1 Å². The number of hydrogen-bond donors (Lipinski definition) is 1. The number of ether oxygens (including phenoxy) is 1. The first-order valence-corrected chi connectivity index (χ1v) is 6.66. The van der Waals surface area contributed by atoms with Gasteiger partial charge < -0.3 is 10.1 Å². The van der Waals surface area contributed by atoms with E-state index in [-0.39, 0.29) is 5.56 Å². The molecule has 0 unspecified atom stereocenters. The third-order valence-electron chi connectivity index (χ3n) is 3.15. The zero-order valence-electron chi connectivity index (χ0n) is 12.1. The minimum atomic E-state index is -0.581. The van der Waals surface area contributed by atoms with Gasteiger partial charge in [-0.3, -0.25) is 4.79 Å². The number of methoxy groups -OCH3 is 1. The molecular weight excluding hydrogens is 301 g/mol. The lowest BCUT2D eigenvalue weighted by molar-refractivity contribution is 0.102. The SMILES string of the molecule is COc1cc(NC(=O)c2ccccc2F)ccc1-n1cnnn1. The molecule has 0 saturated heterocycles. The molecule has 0 fully saturated rings. The van der Waals surface area contributed by atoms with Gasteiger partial charge in [0.05, 0.1) is 12.7 Å². The van der Waals surface area contributed by atoms with Crippen LogP contribution in [-0.4, -0.2) is 33.2 Å². The molecule has 1 amide bonds. The zero-order chi connectivity index (χ0) is 16.2. The van der Waals surface area contributed by atoms with E-state index in [1.165, 1.54) is 36.3 Å². The standard InChI is InChI=1S/C15H12FN5O2/c1-23-14-8-10(6-7-13(14)21-9-17-19-20-21)18-15(22)11-4-2-3-5-12(11)16/h2-9H,1H3,(H,18,22). The van der Waals surface area contributed by atoms with Crippen LogP contribution in [0.15, 0.2) is 48.8 Å². The molecule has 3 aromatic rings. The van der Waals surface area contributed by atoms with Crippen LogP contribution >= 0.6 is 0 Å². The summed E-state index contributed by atoms with van der Waals surface area (Å²) < 4.78 is 20.3. The maximum absolute atomic E-state index is 13.6. The fourth-order valence-corrected chi connectivity index (χ4v) is 2.06. The summed E-state index contributed by atoms with van der Waals surface area (Å²) in [6.07, 6.45) is 1.43. The lowest BCUT2D eigenvalue weighted by Gasteiger charge is -2.11. The maximum Gasteiger partial charge on any atom is 0.258 e. The highest BCUT2D eigenvalue weighted by Gasteiger charge is 2.13. The molecule has 1 aromatic heterocycles. The summed E-state index contributed by atoms with van der Waals surface area (Å²) in [5.41, 5.74) is 1.05. The third kappa shape index (κ3) is 3.00. The van der Waals surface area contributed by atoms with Crippen LogP contribution in [0.1, 0.15) is 10.4 Å². The number of hydrogen-bond acceptors (Lipinski definition) is 5. The van der Waals surface area contributed by atoms with Crippen LogP contribution in [-0.2, 0) is 0 Å². The predicted octanol–water partition coefficient (Wildman–Crippen LogP) is 2.06. The summed E-state index contributed by atoms with van der Waals surface area (Å²) in [7, 11) is 1.49. The Kier molecular flexibility index (Phi) is 3.96. The minimum Gasteiger partial charge on any atom is -0.494 e. The highest BCUT2D eigenvalue weighted by Crippen LogP contribution is 2.26. The maximum atomic E-state index is 13.6. The molecule has 0 atom stereocenters. The number of rotatable bonds is 4. The van der Waals surface area contributed by atoms with Crippen LogP contribution in [0, 0.1) is 5.82 Å². The topological polar surface area (TPSA) is 81.9 Å². The molecule has 0 aliphatic rings. The van der Waals surface area contributed by atoms with Crippen LogP contribution in [0.2, 0.25) is 0 Å². The quantitative estimate of drug-likeness (QED) is 0.797.